The van der Waals surface area contributed by atoms with Crippen LogP contribution >= 0.6 is 0 Å². The third kappa shape index (κ3) is 2.22. The van der Waals surface area contributed by atoms with Gasteiger partial charge in [0.1, 0.15) is 5.54 Å². The maximum atomic E-state index is 12.3. The summed E-state index contributed by atoms with van der Waals surface area (Å²) in [6.45, 7) is 2.05. The summed E-state index contributed by atoms with van der Waals surface area (Å²) >= 11 is 0. The van der Waals surface area contributed by atoms with E-state index in [2.05, 4.69) is 33.7 Å². The second-order valence-electron chi connectivity index (χ2n) is 7.25. The first kappa shape index (κ1) is 15.6. The summed E-state index contributed by atoms with van der Waals surface area (Å²) in [5, 5.41) is 6.87. The highest BCUT2D eigenvalue weighted by Crippen LogP contribution is 2.41. The zero-order chi connectivity index (χ0) is 17.6. The molecule has 1 aromatic carbocycles. The van der Waals surface area contributed by atoms with Gasteiger partial charge in [-0.05, 0) is 37.0 Å². The molecule has 1 fully saturated rings. The van der Waals surface area contributed by atoms with E-state index in [1.165, 1.54) is 11.1 Å². The lowest BCUT2D eigenvalue weighted by atomic mass is 9.85. The van der Waals surface area contributed by atoms with Crippen molar-refractivity contribution in [3.8, 4) is 0 Å². The molecule has 2 aliphatic heterocycles. The minimum atomic E-state index is -0.805. The molecule has 3 aliphatic rings. The predicted octanol–water partition coefficient (Wildman–Crippen LogP) is 2.44. The smallest absolute Gasteiger partial charge is 0.200 e. The van der Waals surface area contributed by atoms with Crippen LogP contribution < -0.4 is 10.6 Å². The quantitative estimate of drug-likeness (QED) is 0.814. The van der Waals surface area contributed by atoms with Gasteiger partial charge in [-0.2, -0.15) is 0 Å². The van der Waals surface area contributed by atoms with E-state index in [0.29, 0.717) is 13.1 Å². The van der Waals surface area contributed by atoms with E-state index in [4.69, 9.17) is 9.41 Å². The summed E-state index contributed by atoms with van der Waals surface area (Å²) in [5.74, 6) is 0.788. The van der Waals surface area contributed by atoms with Crippen LogP contribution in [-0.2, 0) is 16.8 Å². The lowest BCUT2D eigenvalue weighted by Crippen LogP contribution is -2.63. The van der Waals surface area contributed by atoms with Crippen molar-refractivity contribution >= 4 is 17.9 Å². The molecule has 0 spiro atoms. The average molecular weight is 350 g/mol. The van der Waals surface area contributed by atoms with Crippen molar-refractivity contribution in [2.75, 3.05) is 25.0 Å². The van der Waals surface area contributed by atoms with Crippen LogP contribution in [0.15, 0.2) is 46.2 Å². The molecule has 6 nitrogen and oxygen atoms in total. The zero-order valence-corrected chi connectivity index (χ0v) is 14.6. The molecule has 6 heteroatoms. The summed E-state index contributed by atoms with van der Waals surface area (Å²) in [6.07, 6.45) is 7.62. The molecule has 1 aliphatic carbocycles. The van der Waals surface area contributed by atoms with Crippen molar-refractivity contribution in [1.29, 1.82) is 0 Å². The first-order valence-corrected chi connectivity index (χ1v) is 9.26. The van der Waals surface area contributed by atoms with E-state index >= 15 is 0 Å². The number of carbonyl (C=O) groups is 1. The van der Waals surface area contributed by atoms with Crippen LogP contribution in [0.5, 0.6) is 0 Å². The van der Waals surface area contributed by atoms with Gasteiger partial charge in [0, 0.05) is 36.4 Å². The van der Waals surface area contributed by atoms with Crippen LogP contribution in [0.3, 0.4) is 0 Å². The Morgan fingerprint density at radius 2 is 2.31 bits per heavy atom. The van der Waals surface area contributed by atoms with Gasteiger partial charge in [0.25, 0.3) is 0 Å². The highest BCUT2D eigenvalue weighted by molar-refractivity contribution is 5.99. The lowest BCUT2D eigenvalue weighted by molar-refractivity contribution is -0.117. The Labute approximate surface area is 152 Å². The molecule has 0 bridgehead atoms. The molecular formula is C20H22N4O2. The second kappa shape index (κ2) is 5.99. The third-order valence-corrected chi connectivity index (χ3v) is 5.84. The number of nitrogens with one attached hydrogen (secondary N) is 2. The van der Waals surface area contributed by atoms with Gasteiger partial charge in [0.2, 0.25) is 0 Å². The molecule has 2 N–H and O–H groups in total. The number of rotatable bonds is 2. The van der Waals surface area contributed by atoms with Crippen LogP contribution in [0, 0.1) is 0 Å². The van der Waals surface area contributed by atoms with Gasteiger partial charge >= 0.3 is 0 Å². The SMILES string of the molecule is O=CC1(c2ccoc2)CNCCN1C1=NC2CCCc3cccc(c32)N1. The minimum absolute atomic E-state index is 0.176. The van der Waals surface area contributed by atoms with Gasteiger partial charge in [-0.3, -0.25) is 0 Å². The number of piperazine rings is 1. The van der Waals surface area contributed by atoms with E-state index in [1.54, 1.807) is 12.5 Å². The van der Waals surface area contributed by atoms with Crippen LogP contribution in [-0.4, -0.2) is 36.8 Å². The number of benzene rings is 1. The summed E-state index contributed by atoms with van der Waals surface area (Å²) < 4.78 is 5.28. The predicted molar refractivity (Wildman–Crippen MR) is 99.2 cm³/mol. The van der Waals surface area contributed by atoms with Crippen molar-refractivity contribution in [3.63, 3.8) is 0 Å². The summed E-state index contributed by atoms with van der Waals surface area (Å²) in [5.41, 5.74) is 3.90. The van der Waals surface area contributed by atoms with Crippen molar-refractivity contribution in [2.45, 2.75) is 30.8 Å². The normalized spacial score (nSPS) is 27.3. The van der Waals surface area contributed by atoms with Gasteiger partial charge in [-0.1, -0.05) is 12.1 Å². The molecule has 2 aromatic rings. The fourth-order valence-corrected chi connectivity index (χ4v) is 4.53. The van der Waals surface area contributed by atoms with Crippen LogP contribution in [0.2, 0.25) is 0 Å². The van der Waals surface area contributed by atoms with Crippen molar-refractivity contribution in [2.24, 2.45) is 4.99 Å². The minimum Gasteiger partial charge on any atom is -0.472 e. The number of furan rings is 1. The number of aldehydes is 1. The Morgan fingerprint density at radius 1 is 1.35 bits per heavy atom. The van der Waals surface area contributed by atoms with E-state index in [9.17, 15) is 4.79 Å². The Kier molecular flexibility index (Phi) is 3.60. The molecule has 1 aromatic heterocycles. The fourth-order valence-electron chi connectivity index (χ4n) is 4.53. The van der Waals surface area contributed by atoms with E-state index in [0.717, 1.165) is 49.3 Å². The standard InChI is InChI=1S/C20H22N4O2/c25-13-20(15-7-10-26-11-15)12-21-8-9-24(20)19-22-16-5-1-3-14-4-2-6-17(23-19)18(14)16/h1,3,5,7,10-11,13,17,21H,2,4,6,8-9,12H2,(H,22,23). The number of hydrogen-bond acceptors (Lipinski definition) is 6. The number of carbonyl (C=O) groups excluding carboxylic acids is 1. The number of aryl methyl sites for hydroxylation is 1. The average Bonchev–Trinajstić information content (AvgIpc) is 3.23. The number of guanidine groups is 1. The monoisotopic (exact) mass is 350 g/mol. The third-order valence-electron chi connectivity index (χ3n) is 5.84. The van der Waals surface area contributed by atoms with E-state index < -0.39 is 5.54 Å². The highest BCUT2D eigenvalue weighted by atomic mass is 16.3. The Morgan fingerprint density at radius 3 is 3.15 bits per heavy atom. The zero-order valence-electron chi connectivity index (χ0n) is 14.6. The maximum absolute atomic E-state index is 12.3. The molecule has 5 rings (SSSR count). The summed E-state index contributed by atoms with van der Waals surface area (Å²) in [4.78, 5) is 19.4. The van der Waals surface area contributed by atoms with E-state index in [1.807, 2.05) is 6.07 Å². The highest BCUT2D eigenvalue weighted by Gasteiger charge is 2.44. The summed E-state index contributed by atoms with van der Waals surface area (Å²) in [7, 11) is 0. The number of aliphatic imine (C=N–C) groups is 1. The Hall–Kier alpha value is -2.60. The molecule has 26 heavy (non-hydrogen) atoms. The van der Waals surface area contributed by atoms with Crippen LogP contribution in [0.25, 0.3) is 0 Å². The lowest BCUT2D eigenvalue weighted by Gasteiger charge is -2.46. The first-order chi connectivity index (χ1) is 12.8. The topological polar surface area (TPSA) is 69.9 Å². The molecule has 134 valence electrons. The van der Waals surface area contributed by atoms with Crippen LogP contribution in [0.1, 0.15) is 35.6 Å². The van der Waals surface area contributed by atoms with Crippen LogP contribution in [0.4, 0.5) is 5.69 Å². The Balaban J connectivity index is 1.58. The van der Waals surface area contributed by atoms with Gasteiger partial charge in [0.15, 0.2) is 12.2 Å². The fraction of sp³-hybridized carbons (Fsp3) is 0.400. The summed E-state index contributed by atoms with van der Waals surface area (Å²) in [6, 6.07) is 8.47. The maximum Gasteiger partial charge on any atom is 0.200 e. The molecule has 1 saturated heterocycles. The molecule has 3 heterocycles. The Bertz CT molecular complexity index is 861. The molecule has 0 saturated carbocycles. The number of anilines is 1. The number of nitrogens with zero attached hydrogens (tertiary/aromatic N) is 2. The van der Waals surface area contributed by atoms with Crippen molar-refractivity contribution in [3.05, 3.63) is 53.5 Å². The second-order valence-corrected chi connectivity index (χ2v) is 7.25. The van der Waals surface area contributed by atoms with Gasteiger partial charge in [0.05, 0.1) is 18.6 Å². The molecule has 2 unspecified atom stereocenters. The molecule has 0 amide bonds. The van der Waals surface area contributed by atoms with Gasteiger partial charge in [-0.25, -0.2) is 4.99 Å². The first-order valence-electron chi connectivity index (χ1n) is 9.26. The largest absolute Gasteiger partial charge is 0.472 e. The van der Waals surface area contributed by atoms with Crippen molar-refractivity contribution < 1.29 is 9.21 Å². The molecule has 2 atom stereocenters. The number of hydrogen-bond donors (Lipinski definition) is 2. The van der Waals surface area contributed by atoms with Crippen molar-refractivity contribution in [1.82, 2.24) is 10.2 Å². The van der Waals surface area contributed by atoms with Gasteiger partial charge < -0.3 is 24.7 Å². The molecular weight excluding hydrogens is 328 g/mol. The van der Waals surface area contributed by atoms with E-state index in [-0.39, 0.29) is 6.04 Å². The molecule has 0 radical (unpaired) electrons. The van der Waals surface area contributed by atoms with Gasteiger partial charge in [-0.15, -0.1) is 0 Å².